The van der Waals surface area contributed by atoms with E-state index in [4.69, 9.17) is 9.47 Å². The summed E-state index contributed by atoms with van der Waals surface area (Å²) in [5.41, 5.74) is 1.89. The molecule has 0 saturated carbocycles. The molecule has 0 fully saturated rings. The maximum absolute atomic E-state index is 13.8. The van der Waals surface area contributed by atoms with Gasteiger partial charge in [0.15, 0.2) is 11.1 Å². The molecule has 2 aromatic carbocycles. The maximum atomic E-state index is 13.8. The van der Waals surface area contributed by atoms with E-state index in [9.17, 15) is 17.6 Å². The van der Waals surface area contributed by atoms with E-state index in [0.29, 0.717) is 44.4 Å². The lowest BCUT2D eigenvalue weighted by atomic mass is 10.1. The number of rotatable bonds is 6. The van der Waals surface area contributed by atoms with Crippen LogP contribution in [0.1, 0.15) is 11.1 Å². The van der Waals surface area contributed by atoms with Gasteiger partial charge in [-0.25, -0.2) is 4.39 Å². The first kappa shape index (κ1) is 20.7. The second-order valence-electron chi connectivity index (χ2n) is 6.02. The molecule has 158 valence electrons. The topological polar surface area (TPSA) is 65.5 Å². The molecule has 1 aliphatic heterocycles. The van der Waals surface area contributed by atoms with E-state index in [1.807, 2.05) is 0 Å². The molecule has 0 amide bonds. The van der Waals surface area contributed by atoms with Crippen LogP contribution in [0.3, 0.4) is 0 Å². The molecule has 0 unspecified atom stereocenters. The van der Waals surface area contributed by atoms with Crippen molar-refractivity contribution in [3.63, 3.8) is 0 Å². The Labute approximate surface area is 176 Å². The van der Waals surface area contributed by atoms with Crippen molar-refractivity contribution in [3.8, 4) is 11.5 Å². The molecule has 0 radical (unpaired) electrons. The summed E-state index contributed by atoms with van der Waals surface area (Å²) >= 11 is 2.63. The Balaban J connectivity index is 1.38. The average molecular weight is 459 g/mol. The molecule has 1 aromatic heterocycles. The summed E-state index contributed by atoms with van der Waals surface area (Å²) in [6, 6.07) is 8.08. The van der Waals surface area contributed by atoms with Gasteiger partial charge in [0.2, 0.25) is 5.13 Å². The Morgan fingerprint density at radius 2 is 1.97 bits per heavy atom. The van der Waals surface area contributed by atoms with Crippen molar-refractivity contribution in [2.75, 3.05) is 12.1 Å². The smallest absolute Gasteiger partial charge is 0.467 e. The summed E-state index contributed by atoms with van der Waals surface area (Å²) in [4.78, 5) is 0. The predicted molar refractivity (Wildman–Crippen MR) is 103 cm³/mol. The van der Waals surface area contributed by atoms with Gasteiger partial charge < -0.3 is 19.5 Å². The van der Waals surface area contributed by atoms with Crippen LogP contribution >= 0.6 is 23.1 Å². The summed E-state index contributed by atoms with van der Waals surface area (Å²) in [7, 11) is 0. The highest BCUT2D eigenvalue weighted by molar-refractivity contribution is 8.00. The highest BCUT2D eigenvalue weighted by Gasteiger charge is 2.31. The predicted octanol–water partition coefficient (Wildman–Crippen LogP) is 5.48. The standard InChI is InChI=1S/C18H13F4N3O3S2/c19-12-5-10-7-26-9-27-15(10)11(6-12)8-29-17-25-24-16(30-17)23-13-1-3-14(4-2-13)28-18(20,21)22/h1-6H,7-9H2,(H,23,24). The van der Waals surface area contributed by atoms with Crippen molar-refractivity contribution in [2.24, 2.45) is 0 Å². The van der Waals surface area contributed by atoms with Gasteiger partial charge in [0.05, 0.1) is 6.61 Å². The quantitative estimate of drug-likeness (QED) is 0.387. The van der Waals surface area contributed by atoms with Gasteiger partial charge in [0, 0.05) is 22.6 Å². The van der Waals surface area contributed by atoms with E-state index in [-0.39, 0.29) is 18.4 Å². The number of benzene rings is 2. The first-order valence-electron chi connectivity index (χ1n) is 8.47. The van der Waals surface area contributed by atoms with Crippen LogP contribution in [-0.2, 0) is 17.1 Å². The average Bonchev–Trinajstić information content (AvgIpc) is 3.14. The van der Waals surface area contributed by atoms with Gasteiger partial charge in [0.1, 0.15) is 17.3 Å². The summed E-state index contributed by atoms with van der Waals surface area (Å²) in [6.07, 6.45) is -4.74. The van der Waals surface area contributed by atoms with Crippen molar-refractivity contribution in [1.82, 2.24) is 10.2 Å². The summed E-state index contributed by atoms with van der Waals surface area (Å²) in [5.74, 6) is 0.376. The normalized spacial score (nSPS) is 13.5. The maximum Gasteiger partial charge on any atom is 0.573 e. The van der Waals surface area contributed by atoms with Crippen LogP contribution in [0.15, 0.2) is 40.7 Å². The number of hydrogen-bond donors (Lipinski definition) is 1. The highest BCUT2D eigenvalue weighted by Crippen LogP contribution is 2.36. The van der Waals surface area contributed by atoms with E-state index in [0.717, 1.165) is 0 Å². The number of aromatic nitrogens is 2. The fraction of sp³-hybridized carbons (Fsp3) is 0.222. The van der Waals surface area contributed by atoms with Gasteiger partial charge in [-0.05, 0) is 36.4 Å². The second-order valence-corrected chi connectivity index (χ2v) is 8.22. The second kappa shape index (κ2) is 8.66. The Hall–Kier alpha value is -2.57. The van der Waals surface area contributed by atoms with Crippen LogP contribution in [-0.4, -0.2) is 23.4 Å². The lowest BCUT2D eigenvalue weighted by Crippen LogP contribution is -2.16. The number of halogens is 4. The zero-order chi connectivity index (χ0) is 21.1. The van der Waals surface area contributed by atoms with Gasteiger partial charge >= 0.3 is 6.36 Å². The lowest BCUT2D eigenvalue weighted by Gasteiger charge is -2.20. The summed E-state index contributed by atoms with van der Waals surface area (Å²) in [5, 5.41) is 11.5. The van der Waals surface area contributed by atoms with Crippen LogP contribution in [0.2, 0.25) is 0 Å². The molecule has 0 aliphatic carbocycles. The minimum absolute atomic E-state index is 0.121. The third-order valence-corrected chi connectivity index (χ3v) is 5.87. The third-order valence-electron chi connectivity index (χ3n) is 3.85. The molecule has 0 atom stereocenters. The number of fused-ring (bicyclic) bond motifs is 1. The van der Waals surface area contributed by atoms with E-state index >= 15 is 0 Å². The van der Waals surface area contributed by atoms with Gasteiger partial charge in [-0.2, -0.15) is 0 Å². The van der Waals surface area contributed by atoms with E-state index in [2.05, 4.69) is 20.3 Å². The summed E-state index contributed by atoms with van der Waals surface area (Å²) in [6.45, 7) is 0.417. The van der Waals surface area contributed by atoms with Gasteiger partial charge in [0.25, 0.3) is 0 Å². The zero-order valence-electron chi connectivity index (χ0n) is 15.0. The third kappa shape index (κ3) is 5.32. The van der Waals surface area contributed by atoms with E-state index in [1.54, 1.807) is 0 Å². The number of nitrogens with zero attached hydrogens (tertiary/aromatic N) is 2. The molecule has 2 heterocycles. The van der Waals surface area contributed by atoms with Crippen molar-refractivity contribution in [1.29, 1.82) is 0 Å². The van der Waals surface area contributed by atoms with Crippen LogP contribution < -0.4 is 14.8 Å². The van der Waals surface area contributed by atoms with Gasteiger partial charge in [-0.1, -0.05) is 23.1 Å². The first-order chi connectivity index (χ1) is 14.4. The fourth-order valence-corrected chi connectivity index (χ4v) is 4.42. The Bertz CT molecular complexity index is 1030. The van der Waals surface area contributed by atoms with Gasteiger partial charge in [-0.15, -0.1) is 23.4 Å². The molecular formula is C18H13F4N3O3S2. The minimum Gasteiger partial charge on any atom is -0.467 e. The molecule has 0 saturated heterocycles. The van der Waals surface area contributed by atoms with Crippen LogP contribution in [0.5, 0.6) is 11.5 Å². The van der Waals surface area contributed by atoms with Gasteiger partial charge in [-0.3, -0.25) is 0 Å². The Kier molecular flexibility index (Phi) is 5.97. The molecule has 3 aromatic rings. The largest absolute Gasteiger partial charge is 0.573 e. The Morgan fingerprint density at radius 1 is 1.17 bits per heavy atom. The van der Waals surface area contributed by atoms with Crippen LogP contribution in [0.25, 0.3) is 0 Å². The molecule has 12 heteroatoms. The molecule has 4 rings (SSSR count). The first-order valence-corrected chi connectivity index (χ1v) is 10.3. The molecule has 0 bridgehead atoms. The highest BCUT2D eigenvalue weighted by atomic mass is 32.2. The molecule has 6 nitrogen and oxygen atoms in total. The number of alkyl halides is 3. The Morgan fingerprint density at radius 3 is 2.73 bits per heavy atom. The number of hydrogen-bond acceptors (Lipinski definition) is 8. The van der Waals surface area contributed by atoms with Crippen molar-refractivity contribution in [2.45, 2.75) is 23.1 Å². The van der Waals surface area contributed by atoms with Crippen molar-refractivity contribution in [3.05, 3.63) is 53.3 Å². The lowest BCUT2D eigenvalue weighted by molar-refractivity contribution is -0.274. The van der Waals surface area contributed by atoms with E-state index in [1.165, 1.54) is 59.5 Å². The van der Waals surface area contributed by atoms with Crippen molar-refractivity contribution < 1.29 is 31.8 Å². The molecule has 30 heavy (non-hydrogen) atoms. The summed E-state index contributed by atoms with van der Waals surface area (Å²) < 4.78 is 65.6. The SMILES string of the molecule is Fc1cc2c(c(CSc3nnc(Nc4ccc(OC(F)(F)F)cc4)s3)c1)OCOC2. The minimum atomic E-state index is -4.74. The van der Waals surface area contributed by atoms with Crippen LogP contribution in [0.4, 0.5) is 28.4 Å². The molecule has 0 spiro atoms. The van der Waals surface area contributed by atoms with Crippen molar-refractivity contribution >= 4 is 33.9 Å². The number of nitrogens with one attached hydrogen (secondary N) is 1. The van der Waals surface area contributed by atoms with Crippen LogP contribution in [0, 0.1) is 5.82 Å². The molecular weight excluding hydrogens is 446 g/mol. The number of thioether (sulfide) groups is 1. The van der Waals surface area contributed by atoms with E-state index < -0.39 is 6.36 Å². The molecule has 1 N–H and O–H groups in total. The number of ether oxygens (including phenoxy) is 3. The number of anilines is 2. The zero-order valence-corrected chi connectivity index (χ0v) is 16.7. The molecule has 1 aliphatic rings. The monoisotopic (exact) mass is 459 g/mol. The fourth-order valence-electron chi connectivity index (χ4n) is 2.69.